The van der Waals surface area contributed by atoms with Crippen LogP contribution in [0.15, 0.2) is 65.9 Å². The summed E-state index contributed by atoms with van der Waals surface area (Å²) in [6, 6.07) is 11.5. The largest absolute Gasteiger partial charge is 0.460 e. The molecule has 1 aliphatic rings. The number of esters is 1. The molecular weight excluding hydrogens is 492 g/mol. The number of nitro groups is 1. The van der Waals surface area contributed by atoms with Crippen LogP contribution >= 0.6 is 0 Å². The van der Waals surface area contributed by atoms with Crippen LogP contribution < -0.4 is 10.6 Å². The van der Waals surface area contributed by atoms with Crippen molar-refractivity contribution in [3.63, 3.8) is 0 Å². The second kappa shape index (κ2) is 13.2. The molecule has 1 atom stereocenters. The average molecular weight is 523 g/mol. The highest BCUT2D eigenvalue weighted by Crippen LogP contribution is 2.32. The number of urea groups is 1. The lowest BCUT2D eigenvalue weighted by Crippen LogP contribution is -2.48. The van der Waals surface area contributed by atoms with Crippen molar-refractivity contribution in [1.82, 2.24) is 10.2 Å². The minimum atomic E-state index is -0.725. The molecule has 0 bridgehead atoms. The monoisotopic (exact) mass is 522 g/mol. The second-order valence-corrected chi connectivity index (χ2v) is 8.46. The van der Waals surface area contributed by atoms with E-state index in [2.05, 4.69) is 10.6 Å². The van der Waals surface area contributed by atoms with Crippen LogP contribution in [0.1, 0.15) is 37.4 Å². The molecule has 0 aliphatic carbocycles. The lowest BCUT2D eigenvalue weighted by molar-refractivity contribution is -0.384. The molecular formula is C27H30N4O7. The Kier molecular flexibility index (Phi) is 9.72. The van der Waals surface area contributed by atoms with Crippen LogP contribution in [-0.2, 0) is 19.1 Å². The van der Waals surface area contributed by atoms with E-state index in [9.17, 15) is 24.5 Å². The fraction of sp³-hybridized carbons (Fsp3) is 0.296. The number of carbonyl (C=O) groups is 3. The number of methoxy groups -OCH3 is 1. The van der Waals surface area contributed by atoms with Crippen LogP contribution in [0, 0.1) is 10.1 Å². The van der Waals surface area contributed by atoms with Crippen molar-refractivity contribution >= 4 is 35.4 Å². The van der Waals surface area contributed by atoms with Gasteiger partial charge >= 0.3 is 12.0 Å². The molecule has 2 aromatic rings. The SMILES string of the molecule is CCCN1C(=O)NC(c2ccc(NC(=O)/C=C/c3ccc([N+](=O)[O-])cc3)cc2)C(C(=O)OCCOC)=C1C. The number of hydrogen-bond donors (Lipinski definition) is 2. The molecule has 2 aromatic carbocycles. The van der Waals surface area contributed by atoms with Crippen LogP contribution in [-0.4, -0.2) is 54.6 Å². The maximum absolute atomic E-state index is 13.0. The Morgan fingerprint density at radius 2 is 1.82 bits per heavy atom. The Hall–Kier alpha value is -4.51. The fourth-order valence-electron chi connectivity index (χ4n) is 3.91. The van der Waals surface area contributed by atoms with E-state index in [1.165, 1.54) is 30.2 Å². The summed E-state index contributed by atoms with van der Waals surface area (Å²) in [6.45, 7) is 4.45. The number of allylic oxidation sites excluding steroid dienone is 1. The third-order valence-electron chi connectivity index (χ3n) is 5.83. The number of amides is 3. The smallest absolute Gasteiger partial charge is 0.338 e. The number of ether oxygens (including phenoxy) is 2. The van der Waals surface area contributed by atoms with E-state index in [-0.39, 0.29) is 24.9 Å². The summed E-state index contributed by atoms with van der Waals surface area (Å²) in [6.07, 6.45) is 3.58. The molecule has 0 saturated heterocycles. The van der Waals surface area contributed by atoms with E-state index in [1.807, 2.05) is 6.92 Å². The molecule has 2 N–H and O–H groups in total. The van der Waals surface area contributed by atoms with Gasteiger partial charge in [0, 0.05) is 43.2 Å². The number of anilines is 1. The first-order valence-corrected chi connectivity index (χ1v) is 12.0. The van der Waals surface area contributed by atoms with Crippen molar-refractivity contribution in [2.24, 2.45) is 0 Å². The molecule has 0 aromatic heterocycles. The quantitative estimate of drug-likeness (QED) is 0.148. The van der Waals surface area contributed by atoms with E-state index in [1.54, 1.807) is 49.4 Å². The van der Waals surface area contributed by atoms with Gasteiger partial charge in [0.1, 0.15) is 6.61 Å². The number of rotatable bonds is 11. The number of non-ortho nitro benzene ring substituents is 1. The third kappa shape index (κ3) is 7.04. The van der Waals surface area contributed by atoms with Gasteiger partial charge in [-0.05, 0) is 54.8 Å². The van der Waals surface area contributed by atoms with E-state index in [0.717, 1.165) is 0 Å². The van der Waals surface area contributed by atoms with Gasteiger partial charge in [-0.25, -0.2) is 9.59 Å². The number of nitrogens with one attached hydrogen (secondary N) is 2. The number of hydrogen-bond acceptors (Lipinski definition) is 7. The van der Waals surface area contributed by atoms with E-state index in [0.29, 0.717) is 41.1 Å². The minimum absolute atomic E-state index is 0.0321. The highest BCUT2D eigenvalue weighted by atomic mass is 16.6. The van der Waals surface area contributed by atoms with E-state index >= 15 is 0 Å². The maximum Gasteiger partial charge on any atom is 0.338 e. The molecule has 3 rings (SSSR count). The Labute approximate surface area is 220 Å². The first-order valence-electron chi connectivity index (χ1n) is 12.0. The topological polar surface area (TPSA) is 140 Å². The number of benzene rings is 2. The van der Waals surface area contributed by atoms with E-state index in [4.69, 9.17) is 9.47 Å². The molecule has 1 heterocycles. The molecule has 11 heteroatoms. The first-order chi connectivity index (χ1) is 18.2. The van der Waals surface area contributed by atoms with Gasteiger partial charge in [0.05, 0.1) is 23.1 Å². The highest BCUT2D eigenvalue weighted by molar-refractivity contribution is 6.02. The summed E-state index contributed by atoms with van der Waals surface area (Å²) in [7, 11) is 1.51. The van der Waals surface area contributed by atoms with Gasteiger partial charge in [0.2, 0.25) is 5.91 Å². The van der Waals surface area contributed by atoms with Crippen LogP contribution in [0.3, 0.4) is 0 Å². The molecule has 38 heavy (non-hydrogen) atoms. The molecule has 3 amide bonds. The molecule has 11 nitrogen and oxygen atoms in total. The third-order valence-corrected chi connectivity index (χ3v) is 5.83. The van der Waals surface area contributed by atoms with Crippen molar-refractivity contribution in [3.05, 3.63) is 87.1 Å². The number of carbonyl (C=O) groups excluding carboxylic acids is 3. The van der Waals surface area contributed by atoms with Crippen LogP contribution in [0.4, 0.5) is 16.2 Å². The van der Waals surface area contributed by atoms with Crippen LogP contribution in [0.25, 0.3) is 6.08 Å². The Morgan fingerprint density at radius 3 is 2.42 bits per heavy atom. The summed E-state index contributed by atoms with van der Waals surface area (Å²) in [5.74, 6) is -0.935. The molecule has 200 valence electrons. The molecule has 0 spiro atoms. The summed E-state index contributed by atoms with van der Waals surface area (Å²) < 4.78 is 10.3. The Morgan fingerprint density at radius 1 is 1.13 bits per heavy atom. The Balaban J connectivity index is 1.74. The van der Waals surface area contributed by atoms with Crippen molar-refractivity contribution in [2.75, 3.05) is 32.2 Å². The zero-order valence-corrected chi connectivity index (χ0v) is 21.4. The normalized spacial score (nSPS) is 15.4. The summed E-state index contributed by atoms with van der Waals surface area (Å²) in [4.78, 5) is 49.9. The van der Waals surface area contributed by atoms with Gasteiger partial charge in [0.25, 0.3) is 5.69 Å². The predicted molar refractivity (Wildman–Crippen MR) is 141 cm³/mol. The highest BCUT2D eigenvalue weighted by Gasteiger charge is 2.36. The predicted octanol–water partition coefficient (Wildman–Crippen LogP) is 4.19. The lowest BCUT2D eigenvalue weighted by Gasteiger charge is -2.35. The van der Waals surface area contributed by atoms with Gasteiger partial charge in [-0.2, -0.15) is 0 Å². The lowest BCUT2D eigenvalue weighted by atomic mass is 9.94. The van der Waals surface area contributed by atoms with Crippen molar-refractivity contribution in [1.29, 1.82) is 0 Å². The molecule has 0 radical (unpaired) electrons. The van der Waals surface area contributed by atoms with Crippen molar-refractivity contribution < 1.29 is 28.8 Å². The fourth-order valence-corrected chi connectivity index (χ4v) is 3.91. The van der Waals surface area contributed by atoms with Crippen LogP contribution in [0.2, 0.25) is 0 Å². The minimum Gasteiger partial charge on any atom is -0.460 e. The second-order valence-electron chi connectivity index (χ2n) is 8.46. The van der Waals surface area contributed by atoms with E-state index < -0.39 is 22.8 Å². The molecule has 0 fully saturated rings. The zero-order valence-electron chi connectivity index (χ0n) is 21.4. The number of nitro benzene ring substituents is 1. The summed E-state index contributed by atoms with van der Waals surface area (Å²) in [5.41, 5.74) is 2.61. The van der Waals surface area contributed by atoms with Crippen molar-refractivity contribution in [3.8, 4) is 0 Å². The summed E-state index contributed by atoms with van der Waals surface area (Å²) >= 11 is 0. The average Bonchev–Trinajstić information content (AvgIpc) is 2.90. The van der Waals surface area contributed by atoms with Gasteiger partial charge in [0.15, 0.2) is 0 Å². The standard InChI is InChI=1S/C27H30N4O7/c1-4-15-30-18(2)24(26(33)38-17-16-37-3)25(29-27(30)34)20-8-10-21(11-9-20)28-23(32)14-7-19-5-12-22(13-6-19)31(35)36/h5-14,25H,4,15-17H2,1-3H3,(H,28,32)(H,29,34)/b14-7+. The number of nitrogens with zero attached hydrogens (tertiary/aromatic N) is 2. The first kappa shape index (κ1) is 28.1. The van der Waals surface area contributed by atoms with Crippen molar-refractivity contribution in [2.45, 2.75) is 26.3 Å². The van der Waals surface area contributed by atoms with Crippen LogP contribution in [0.5, 0.6) is 0 Å². The molecule has 1 aliphatic heterocycles. The summed E-state index contributed by atoms with van der Waals surface area (Å²) in [5, 5.41) is 16.4. The molecule has 0 saturated carbocycles. The zero-order chi connectivity index (χ0) is 27.7. The van der Waals surface area contributed by atoms with Gasteiger partial charge in [-0.3, -0.25) is 19.8 Å². The van der Waals surface area contributed by atoms with Gasteiger partial charge < -0.3 is 20.1 Å². The Bertz CT molecular complexity index is 1240. The van der Waals surface area contributed by atoms with Gasteiger partial charge in [-0.15, -0.1) is 0 Å². The maximum atomic E-state index is 13.0. The van der Waals surface area contributed by atoms with Gasteiger partial charge in [-0.1, -0.05) is 19.1 Å². The molecule has 1 unspecified atom stereocenters.